The van der Waals surface area contributed by atoms with Gasteiger partial charge in [0.15, 0.2) is 11.3 Å². The number of halogens is 3. The van der Waals surface area contributed by atoms with E-state index in [9.17, 15) is 18.0 Å². The number of carbonyl (C=O) groups is 1. The number of rotatable bonds is 2. The Bertz CT molecular complexity index is 1010. The van der Waals surface area contributed by atoms with E-state index in [0.29, 0.717) is 12.1 Å². The van der Waals surface area contributed by atoms with Crippen LogP contribution in [-0.2, 0) is 6.18 Å². The lowest BCUT2D eigenvalue weighted by atomic mass is 10.0. The minimum atomic E-state index is -4.60. The number of amides is 1. The first-order valence-electron chi connectivity index (χ1n) is 9.19. The highest BCUT2D eigenvalue weighted by atomic mass is 19.4. The van der Waals surface area contributed by atoms with Gasteiger partial charge in [-0.3, -0.25) is 4.79 Å². The third-order valence-corrected chi connectivity index (χ3v) is 5.07. The van der Waals surface area contributed by atoms with Gasteiger partial charge in [-0.05, 0) is 32.3 Å². The Morgan fingerprint density at radius 1 is 1.14 bits per heavy atom. The number of likely N-dealkylation sites (tertiary alicyclic amines) is 1. The van der Waals surface area contributed by atoms with Crippen molar-refractivity contribution in [1.29, 1.82) is 0 Å². The number of benzene rings is 1. The van der Waals surface area contributed by atoms with Gasteiger partial charge in [0.1, 0.15) is 5.69 Å². The number of fused-ring (bicyclic) bond motifs is 1. The molecule has 1 unspecified atom stereocenters. The van der Waals surface area contributed by atoms with E-state index < -0.39 is 11.9 Å². The zero-order chi connectivity index (χ0) is 19.9. The zero-order valence-corrected chi connectivity index (χ0v) is 15.3. The molecule has 3 aromatic rings. The molecule has 0 N–H and O–H groups in total. The molecule has 4 rings (SSSR count). The van der Waals surface area contributed by atoms with Crippen molar-refractivity contribution >= 4 is 11.6 Å². The first kappa shape index (κ1) is 18.5. The van der Waals surface area contributed by atoms with E-state index in [0.717, 1.165) is 25.3 Å². The summed E-state index contributed by atoms with van der Waals surface area (Å²) < 4.78 is 41.4. The predicted octanol–water partition coefficient (Wildman–Crippen LogP) is 4.43. The van der Waals surface area contributed by atoms with Crippen molar-refractivity contribution in [2.24, 2.45) is 0 Å². The van der Waals surface area contributed by atoms with E-state index in [1.165, 1.54) is 10.6 Å². The van der Waals surface area contributed by atoms with Gasteiger partial charge in [0, 0.05) is 24.2 Å². The topological polar surface area (TPSA) is 50.5 Å². The van der Waals surface area contributed by atoms with Gasteiger partial charge < -0.3 is 4.90 Å². The highest BCUT2D eigenvalue weighted by Gasteiger charge is 2.34. The molecule has 3 heterocycles. The Morgan fingerprint density at radius 2 is 1.89 bits per heavy atom. The van der Waals surface area contributed by atoms with Crippen LogP contribution in [0.1, 0.15) is 42.4 Å². The maximum absolute atomic E-state index is 13.4. The first-order chi connectivity index (χ1) is 13.3. The van der Waals surface area contributed by atoms with E-state index in [4.69, 9.17) is 0 Å². The molecule has 2 aromatic heterocycles. The van der Waals surface area contributed by atoms with Gasteiger partial charge in [-0.2, -0.15) is 18.3 Å². The minimum absolute atomic E-state index is 0.00157. The van der Waals surface area contributed by atoms with Crippen LogP contribution in [0.3, 0.4) is 0 Å². The lowest BCUT2D eigenvalue weighted by molar-refractivity contribution is -0.141. The first-order valence-corrected chi connectivity index (χ1v) is 9.19. The number of hydrogen-bond donors (Lipinski definition) is 0. The molecule has 0 spiro atoms. The maximum Gasteiger partial charge on any atom is 0.433 e. The van der Waals surface area contributed by atoms with Crippen LogP contribution in [0.25, 0.3) is 16.9 Å². The summed E-state index contributed by atoms with van der Waals surface area (Å²) >= 11 is 0. The van der Waals surface area contributed by atoms with E-state index in [-0.39, 0.29) is 29.0 Å². The molecule has 5 nitrogen and oxygen atoms in total. The SMILES string of the molecule is CC1CCCCN1C(=O)c1cc2nc(C(F)(F)F)cc(-c3ccccc3)n2n1. The molecule has 8 heteroatoms. The van der Waals surface area contributed by atoms with Crippen LogP contribution >= 0.6 is 0 Å². The summed E-state index contributed by atoms with van der Waals surface area (Å²) in [6.07, 6.45) is -1.72. The van der Waals surface area contributed by atoms with Gasteiger partial charge in [-0.15, -0.1) is 0 Å². The molecule has 28 heavy (non-hydrogen) atoms. The van der Waals surface area contributed by atoms with Crippen LogP contribution in [-0.4, -0.2) is 38.0 Å². The lowest BCUT2D eigenvalue weighted by Gasteiger charge is -2.32. The summed E-state index contributed by atoms with van der Waals surface area (Å²) in [4.78, 5) is 18.3. The molecule has 0 aliphatic carbocycles. The summed E-state index contributed by atoms with van der Waals surface area (Å²) in [5.41, 5.74) is -0.0963. The molecule has 1 amide bonds. The fourth-order valence-corrected chi connectivity index (χ4v) is 3.59. The van der Waals surface area contributed by atoms with Crippen molar-refractivity contribution in [2.45, 2.75) is 38.4 Å². The monoisotopic (exact) mass is 388 g/mol. The van der Waals surface area contributed by atoms with E-state index in [1.54, 1.807) is 35.2 Å². The Kier molecular flexibility index (Phi) is 4.56. The van der Waals surface area contributed by atoms with E-state index in [2.05, 4.69) is 10.1 Å². The van der Waals surface area contributed by atoms with Gasteiger partial charge in [0.2, 0.25) is 0 Å². The number of nitrogens with zero attached hydrogens (tertiary/aromatic N) is 4. The molecular weight excluding hydrogens is 369 g/mol. The summed E-state index contributed by atoms with van der Waals surface area (Å²) in [7, 11) is 0. The van der Waals surface area contributed by atoms with Gasteiger partial charge in [0.05, 0.1) is 5.69 Å². The minimum Gasteiger partial charge on any atom is -0.335 e. The van der Waals surface area contributed by atoms with Gasteiger partial charge >= 0.3 is 6.18 Å². The molecule has 1 aromatic carbocycles. The zero-order valence-electron chi connectivity index (χ0n) is 15.3. The fourth-order valence-electron chi connectivity index (χ4n) is 3.59. The van der Waals surface area contributed by atoms with Crippen molar-refractivity contribution in [3.05, 3.63) is 53.9 Å². The highest BCUT2D eigenvalue weighted by Crippen LogP contribution is 2.32. The van der Waals surface area contributed by atoms with Crippen LogP contribution in [0.5, 0.6) is 0 Å². The highest BCUT2D eigenvalue weighted by molar-refractivity contribution is 5.93. The maximum atomic E-state index is 13.4. The average molecular weight is 388 g/mol. The normalized spacial score (nSPS) is 17.9. The van der Waals surface area contributed by atoms with Gasteiger partial charge in [-0.25, -0.2) is 9.50 Å². The smallest absolute Gasteiger partial charge is 0.335 e. The van der Waals surface area contributed by atoms with E-state index in [1.807, 2.05) is 6.92 Å². The Labute approximate surface area is 159 Å². The van der Waals surface area contributed by atoms with Crippen LogP contribution in [0, 0.1) is 0 Å². The Morgan fingerprint density at radius 3 is 2.57 bits per heavy atom. The molecule has 1 atom stereocenters. The second-order valence-electron chi connectivity index (χ2n) is 7.03. The number of aromatic nitrogens is 3. The largest absolute Gasteiger partial charge is 0.433 e. The van der Waals surface area contributed by atoms with Crippen LogP contribution < -0.4 is 0 Å². The standard InChI is InChI=1S/C20H19F3N4O/c1-13-7-5-6-10-26(13)19(28)15-11-18-24-17(20(21,22)23)12-16(27(18)25-15)14-8-3-2-4-9-14/h2-4,8-9,11-13H,5-7,10H2,1H3. The van der Waals surface area contributed by atoms with E-state index >= 15 is 0 Å². The number of piperidine rings is 1. The van der Waals surface area contributed by atoms with Crippen LogP contribution in [0.15, 0.2) is 42.5 Å². The van der Waals surface area contributed by atoms with Crippen molar-refractivity contribution in [2.75, 3.05) is 6.54 Å². The van der Waals surface area contributed by atoms with Gasteiger partial charge in [-0.1, -0.05) is 30.3 Å². The van der Waals surface area contributed by atoms with Crippen LogP contribution in [0.2, 0.25) is 0 Å². The molecule has 1 saturated heterocycles. The van der Waals surface area contributed by atoms with Crippen molar-refractivity contribution in [3.8, 4) is 11.3 Å². The summed E-state index contributed by atoms with van der Waals surface area (Å²) in [5, 5.41) is 4.32. The average Bonchev–Trinajstić information content (AvgIpc) is 3.11. The molecule has 0 radical (unpaired) electrons. The van der Waals surface area contributed by atoms with Crippen molar-refractivity contribution in [3.63, 3.8) is 0 Å². The molecule has 146 valence electrons. The summed E-state index contributed by atoms with van der Waals surface area (Å²) in [5.74, 6) is -0.273. The molecular formula is C20H19F3N4O. The third-order valence-electron chi connectivity index (χ3n) is 5.07. The fraction of sp³-hybridized carbons (Fsp3) is 0.350. The lowest BCUT2D eigenvalue weighted by Crippen LogP contribution is -2.42. The second-order valence-corrected chi connectivity index (χ2v) is 7.03. The summed E-state index contributed by atoms with van der Waals surface area (Å²) in [6, 6.07) is 11.0. The third kappa shape index (κ3) is 3.34. The Balaban J connectivity index is 1.85. The quantitative estimate of drug-likeness (QED) is 0.653. The second kappa shape index (κ2) is 6.92. The number of hydrogen-bond acceptors (Lipinski definition) is 3. The number of carbonyl (C=O) groups excluding carboxylic acids is 1. The van der Waals surface area contributed by atoms with Crippen LogP contribution in [0.4, 0.5) is 13.2 Å². The van der Waals surface area contributed by atoms with Crippen molar-refractivity contribution in [1.82, 2.24) is 19.5 Å². The molecule has 0 bridgehead atoms. The Hall–Kier alpha value is -2.90. The molecule has 1 aliphatic rings. The van der Waals surface area contributed by atoms with Gasteiger partial charge in [0.25, 0.3) is 5.91 Å². The summed E-state index contributed by atoms with van der Waals surface area (Å²) in [6.45, 7) is 2.60. The number of alkyl halides is 3. The van der Waals surface area contributed by atoms with Crippen molar-refractivity contribution < 1.29 is 18.0 Å². The predicted molar refractivity (Wildman–Crippen MR) is 97.8 cm³/mol. The molecule has 1 fully saturated rings. The molecule has 1 aliphatic heterocycles. The molecule has 0 saturated carbocycles.